The monoisotopic (exact) mass is 189 g/mol. The van der Waals surface area contributed by atoms with Crippen LogP contribution in [-0.4, -0.2) is 57.0 Å². The third-order valence-corrected chi connectivity index (χ3v) is 2.07. The lowest BCUT2D eigenvalue weighted by Gasteiger charge is -2.23. The first kappa shape index (κ1) is 10.4. The van der Waals surface area contributed by atoms with Gasteiger partial charge in [-0.1, -0.05) is 0 Å². The van der Waals surface area contributed by atoms with E-state index in [1.165, 1.54) is 18.7 Å². The van der Waals surface area contributed by atoms with Crippen molar-refractivity contribution in [3.8, 4) is 0 Å². The molecule has 0 spiro atoms. The first-order chi connectivity index (χ1) is 5.82. The Labute approximate surface area is 76.6 Å². The van der Waals surface area contributed by atoms with Crippen molar-refractivity contribution < 1.29 is 20.1 Å². The van der Waals surface area contributed by atoms with E-state index in [1.807, 2.05) is 0 Å². The van der Waals surface area contributed by atoms with Crippen LogP contribution >= 0.6 is 0 Å². The molecule has 0 radical (unpaired) electrons. The normalized spacial score (nSPS) is 29.5. The number of amides is 1. The van der Waals surface area contributed by atoms with Gasteiger partial charge in [0.1, 0.15) is 5.60 Å². The summed E-state index contributed by atoms with van der Waals surface area (Å²) < 4.78 is 0. The minimum Gasteiger partial charge on any atom is -0.388 e. The summed E-state index contributed by atoms with van der Waals surface area (Å²) in [5, 5.41) is 27.7. The van der Waals surface area contributed by atoms with Gasteiger partial charge in [-0.15, -0.1) is 0 Å². The minimum absolute atomic E-state index is 0.0873. The number of hydrogen-bond donors (Lipinski definition) is 3. The van der Waals surface area contributed by atoms with Crippen LogP contribution in [-0.2, 0) is 4.79 Å². The highest BCUT2D eigenvalue weighted by atomic mass is 16.3. The van der Waals surface area contributed by atoms with E-state index in [1.54, 1.807) is 0 Å². The fourth-order valence-corrected chi connectivity index (χ4v) is 1.32. The third kappa shape index (κ3) is 2.18. The number of hydrogen-bond acceptors (Lipinski definition) is 4. The molecule has 76 valence electrons. The van der Waals surface area contributed by atoms with Crippen LogP contribution in [0.25, 0.3) is 0 Å². The summed E-state index contributed by atoms with van der Waals surface area (Å²) in [6.45, 7) is 2.94. The van der Waals surface area contributed by atoms with Gasteiger partial charge in [0.2, 0.25) is 0 Å². The van der Waals surface area contributed by atoms with Gasteiger partial charge < -0.3 is 20.2 Å². The Morgan fingerprint density at radius 3 is 2.00 bits per heavy atom. The smallest absolute Gasteiger partial charge is 0.254 e. The highest BCUT2D eigenvalue weighted by molar-refractivity contribution is 5.84. The lowest BCUT2D eigenvalue weighted by Crippen LogP contribution is -2.44. The molecule has 1 saturated heterocycles. The van der Waals surface area contributed by atoms with Crippen molar-refractivity contribution in [3.63, 3.8) is 0 Å². The average Bonchev–Trinajstić information content (AvgIpc) is 2.29. The lowest BCUT2D eigenvalue weighted by atomic mass is 10.1. The molecule has 0 bridgehead atoms. The number of nitrogens with zero attached hydrogens (tertiary/aromatic N) is 1. The molecule has 3 N–H and O–H groups in total. The van der Waals surface area contributed by atoms with E-state index < -0.39 is 23.7 Å². The number of aliphatic hydroxyl groups is 3. The molecule has 1 rings (SSSR count). The largest absolute Gasteiger partial charge is 0.388 e. The molecule has 0 unspecified atom stereocenters. The molecule has 5 heteroatoms. The summed E-state index contributed by atoms with van der Waals surface area (Å²) in [5.41, 5.74) is -1.44. The predicted octanol–water partition coefficient (Wildman–Crippen LogP) is -1.68. The lowest BCUT2D eigenvalue weighted by molar-refractivity contribution is -0.147. The van der Waals surface area contributed by atoms with Gasteiger partial charge in [0, 0.05) is 13.1 Å². The highest BCUT2D eigenvalue weighted by Crippen LogP contribution is 2.15. The fourth-order valence-electron chi connectivity index (χ4n) is 1.32. The Morgan fingerprint density at radius 2 is 1.69 bits per heavy atom. The molecule has 1 heterocycles. The zero-order chi connectivity index (χ0) is 10.2. The number of rotatable bonds is 1. The van der Waals surface area contributed by atoms with Gasteiger partial charge >= 0.3 is 0 Å². The topological polar surface area (TPSA) is 81.0 Å². The molecule has 2 atom stereocenters. The van der Waals surface area contributed by atoms with Crippen LogP contribution in [0.1, 0.15) is 13.8 Å². The number of β-amino-alcohol motifs (C(OH)–C–C–N with tert-alkyl or cyclic N) is 2. The van der Waals surface area contributed by atoms with Gasteiger partial charge in [-0.2, -0.15) is 0 Å². The zero-order valence-corrected chi connectivity index (χ0v) is 7.77. The van der Waals surface area contributed by atoms with E-state index in [-0.39, 0.29) is 13.1 Å². The Morgan fingerprint density at radius 1 is 1.31 bits per heavy atom. The Kier molecular flexibility index (Phi) is 2.61. The van der Waals surface area contributed by atoms with Crippen LogP contribution in [0.15, 0.2) is 0 Å². The van der Waals surface area contributed by atoms with E-state index in [0.29, 0.717) is 0 Å². The van der Waals surface area contributed by atoms with Gasteiger partial charge in [0.25, 0.3) is 5.91 Å². The molecule has 0 aromatic heterocycles. The van der Waals surface area contributed by atoms with E-state index in [9.17, 15) is 9.90 Å². The second kappa shape index (κ2) is 3.25. The van der Waals surface area contributed by atoms with Crippen LogP contribution in [0.3, 0.4) is 0 Å². The van der Waals surface area contributed by atoms with Crippen molar-refractivity contribution in [2.75, 3.05) is 13.1 Å². The Balaban J connectivity index is 2.61. The maximum atomic E-state index is 11.4. The molecule has 13 heavy (non-hydrogen) atoms. The van der Waals surface area contributed by atoms with Gasteiger partial charge in [-0.3, -0.25) is 4.79 Å². The molecule has 1 amide bonds. The van der Waals surface area contributed by atoms with Crippen LogP contribution in [0.5, 0.6) is 0 Å². The predicted molar refractivity (Wildman–Crippen MR) is 44.9 cm³/mol. The Hall–Kier alpha value is -0.650. The molecule has 0 aromatic carbocycles. The average molecular weight is 189 g/mol. The first-order valence-electron chi connectivity index (χ1n) is 4.20. The molecule has 0 aromatic rings. The van der Waals surface area contributed by atoms with E-state index in [0.717, 1.165) is 0 Å². The number of aliphatic hydroxyl groups excluding tert-OH is 2. The van der Waals surface area contributed by atoms with Crippen molar-refractivity contribution in [1.29, 1.82) is 0 Å². The van der Waals surface area contributed by atoms with Gasteiger partial charge in [0.15, 0.2) is 0 Å². The summed E-state index contributed by atoms with van der Waals surface area (Å²) in [6, 6.07) is 0. The van der Waals surface area contributed by atoms with Gasteiger partial charge in [0.05, 0.1) is 12.2 Å². The van der Waals surface area contributed by atoms with Gasteiger partial charge in [-0.05, 0) is 13.8 Å². The van der Waals surface area contributed by atoms with E-state index in [4.69, 9.17) is 10.2 Å². The number of carbonyl (C=O) groups is 1. The SMILES string of the molecule is CC(C)(O)C(=O)N1C[C@@H](O)[C@@H](O)C1. The van der Waals surface area contributed by atoms with Gasteiger partial charge in [-0.25, -0.2) is 0 Å². The second-order valence-corrected chi connectivity index (χ2v) is 3.90. The molecule has 1 aliphatic heterocycles. The summed E-state index contributed by atoms with van der Waals surface area (Å²) in [4.78, 5) is 12.7. The van der Waals surface area contributed by atoms with Crippen molar-refractivity contribution >= 4 is 5.91 Å². The third-order valence-electron chi connectivity index (χ3n) is 2.07. The van der Waals surface area contributed by atoms with Crippen LogP contribution in [0, 0.1) is 0 Å². The summed E-state index contributed by atoms with van der Waals surface area (Å²) in [6.07, 6.45) is -1.79. The van der Waals surface area contributed by atoms with Crippen molar-refractivity contribution in [1.82, 2.24) is 4.90 Å². The van der Waals surface area contributed by atoms with Crippen molar-refractivity contribution in [3.05, 3.63) is 0 Å². The minimum atomic E-state index is -1.44. The molecule has 0 aliphatic carbocycles. The molecule has 1 aliphatic rings. The maximum Gasteiger partial charge on any atom is 0.254 e. The van der Waals surface area contributed by atoms with Crippen molar-refractivity contribution in [2.45, 2.75) is 31.7 Å². The van der Waals surface area contributed by atoms with Crippen LogP contribution in [0.4, 0.5) is 0 Å². The molecule has 5 nitrogen and oxygen atoms in total. The molecular weight excluding hydrogens is 174 g/mol. The Bertz CT molecular complexity index is 201. The first-order valence-corrected chi connectivity index (χ1v) is 4.20. The fraction of sp³-hybridized carbons (Fsp3) is 0.875. The summed E-state index contributed by atoms with van der Waals surface area (Å²) in [5.74, 6) is -0.469. The number of likely N-dealkylation sites (tertiary alicyclic amines) is 1. The molecule has 0 saturated carbocycles. The van der Waals surface area contributed by atoms with Crippen LogP contribution < -0.4 is 0 Å². The van der Waals surface area contributed by atoms with Crippen LogP contribution in [0.2, 0.25) is 0 Å². The van der Waals surface area contributed by atoms with E-state index in [2.05, 4.69) is 0 Å². The number of carbonyl (C=O) groups excluding carboxylic acids is 1. The second-order valence-electron chi connectivity index (χ2n) is 3.90. The summed E-state index contributed by atoms with van der Waals surface area (Å²) >= 11 is 0. The van der Waals surface area contributed by atoms with E-state index >= 15 is 0 Å². The highest BCUT2D eigenvalue weighted by Gasteiger charge is 2.37. The standard InChI is InChI=1S/C8H15NO4/c1-8(2,13)7(12)9-3-5(10)6(11)4-9/h5-6,10-11,13H,3-4H2,1-2H3/t5-,6+. The maximum absolute atomic E-state index is 11.4. The zero-order valence-electron chi connectivity index (χ0n) is 7.77. The van der Waals surface area contributed by atoms with Crippen molar-refractivity contribution in [2.24, 2.45) is 0 Å². The molecular formula is C8H15NO4. The molecule has 1 fully saturated rings. The summed E-state index contributed by atoms with van der Waals surface area (Å²) in [7, 11) is 0. The quantitative estimate of drug-likeness (QED) is 0.460.